The van der Waals surface area contributed by atoms with Crippen molar-refractivity contribution in [3.8, 4) is 0 Å². The molecular formula is C14H24BrNO. The summed E-state index contributed by atoms with van der Waals surface area (Å²) in [6.07, 6.45) is 8.42. The number of hydrogen-bond donors (Lipinski definition) is 1. The van der Waals surface area contributed by atoms with Crippen molar-refractivity contribution in [1.82, 2.24) is 5.32 Å². The zero-order chi connectivity index (χ0) is 12.5. The summed E-state index contributed by atoms with van der Waals surface area (Å²) in [5.74, 6) is 1.84. The van der Waals surface area contributed by atoms with Crippen molar-refractivity contribution >= 4 is 15.9 Å². The molecule has 0 fully saturated rings. The molecule has 0 aromatic carbocycles. The van der Waals surface area contributed by atoms with Gasteiger partial charge in [0.1, 0.15) is 5.76 Å². The fourth-order valence-corrected chi connectivity index (χ4v) is 2.15. The van der Waals surface area contributed by atoms with Crippen molar-refractivity contribution in [2.24, 2.45) is 5.92 Å². The van der Waals surface area contributed by atoms with Crippen LogP contribution in [0.2, 0.25) is 0 Å². The predicted octanol–water partition coefficient (Wildman–Crippen LogP) is 4.74. The Hall–Kier alpha value is -0.280. The van der Waals surface area contributed by atoms with Gasteiger partial charge < -0.3 is 9.73 Å². The van der Waals surface area contributed by atoms with Gasteiger partial charge in [-0.15, -0.1) is 0 Å². The first-order valence-electron chi connectivity index (χ1n) is 6.62. The molecule has 0 unspecified atom stereocenters. The van der Waals surface area contributed by atoms with E-state index in [-0.39, 0.29) is 0 Å². The molecule has 1 heterocycles. The molecule has 0 amide bonds. The maximum Gasteiger partial charge on any atom is 0.131 e. The molecule has 0 aliphatic carbocycles. The minimum Gasteiger partial charge on any atom is -0.467 e. The van der Waals surface area contributed by atoms with Crippen molar-refractivity contribution in [2.75, 3.05) is 6.54 Å². The highest BCUT2D eigenvalue weighted by Gasteiger charge is 2.01. The predicted molar refractivity (Wildman–Crippen MR) is 76.0 cm³/mol. The summed E-state index contributed by atoms with van der Waals surface area (Å²) in [5.41, 5.74) is 0. The highest BCUT2D eigenvalue weighted by atomic mass is 79.9. The van der Waals surface area contributed by atoms with E-state index in [0.29, 0.717) is 0 Å². The van der Waals surface area contributed by atoms with Crippen LogP contribution in [-0.2, 0) is 6.54 Å². The van der Waals surface area contributed by atoms with Crippen LogP contribution >= 0.6 is 15.9 Å². The van der Waals surface area contributed by atoms with Crippen molar-refractivity contribution in [3.63, 3.8) is 0 Å². The Bertz CT molecular complexity index is 296. The van der Waals surface area contributed by atoms with E-state index in [1.807, 2.05) is 6.07 Å². The third kappa shape index (κ3) is 6.89. The van der Waals surface area contributed by atoms with Gasteiger partial charge in [0.15, 0.2) is 0 Å². The lowest BCUT2D eigenvalue weighted by Gasteiger charge is -2.05. The average molecular weight is 302 g/mol. The molecule has 0 saturated carbocycles. The Labute approximate surface area is 113 Å². The Morgan fingerprint density at radius 3 is 2.65 bits per heavy atom. The first kappa shape index (κ1) is 14.8. The molecule has 0 aliphatic rings. The number of hydrogen-bond acceptors (Lipinski definition) is 2. The molecule has 0 spiro atoms. The van der Waals surface area contributed by atoms with Gasteiger partial charge in [-0.3, -0.25) is 0 Å². The van der Waals surface area contributed by atoms with Gasteiger partial charge in [-0.05, 0) is 40.9 Å². The molecule has 98 valence electrons. The van der Waals surface area contributed by atoms with Crippen LogP contribution in [0, 0.1) is 5.92 Å². The zero-order valence-electron chi connectivity index (χ0n) is 11.0. The molecule has 0 atom stereocenters. The molecular weight excluding hydrogens is 278 g/mol. The lowest BCUT2D eigenvalue weighted by molar-refractivity contribution is 0.471. The summed E-state index contributed by atoms with van der Waals surface area (Å²) in [4.78, 5) is 0. The van der Waals surface area contributed by atoms with Crippen molar-refractivity contribution < 1.29 is 4.42 Å². The molecule has 0 bridgehead atoms. The summed E-state index contributed by atoms with van der Waals surface area (Å²) < 4.78 is 6.38. The third-order valence-electron chi connectivity index (χ3n) is 2.86. The number of nitrogens with one attached hydrogen (secondary N) is 1. The van der Waals surface area contributed by atoms with Gasteiger partial charge in [0.05, 0.1) is 17.3 Å². The average Bonchev–Trinajstić information content (AvgIpc) is 2.68. The van der Waals surface area contributed by atoms with Crippen molar-refractivity contribution in [3.05, 3.63) is 22.6 Å². The Morgan fingerprint density at radius 1 is 1.24 bits per heavy atom. The Balaban J connectivity index is 1.90. The summed E-state index contributed by atoms with van der Waals surface area (Å²) in [7, 11) is 0. The Morgan fingerprint density at radius 2 is 2.00 bits per heavy atom. The van der Waals surface area contributed by atoms with Gasteiger partial charge in [0, 0.05) is 0 Å². The fourth-order valence-electron chi connectivity index (χ4n) is 1.81. The zero-order valence-corrected chi connectivity index (χ0v) is 12.6. The molecule has 1 aromatic heterocycles. The fraction of sp³-hybridized carbons (Fsp3) is 0.714. The summed E-state index contributed by atoms with van der Waals surface area (Å²) >= 11 is 3.45. The van der Waals surface area contributed by atoms with Crippen LogP contribution in [0.1, 0.15) is 51.7 Å². The van der Waals surface area contributed by atoms with E-state index in [2.05, 4.69) is 35.1 Å². The van der Waals surface area contributed by atoms with Gasteiger partial charge >= 0.3 is 0 Å². The molecule has 0 aliphatic heterocycles. The van der Waals surface area contributed by atoms with Gasteiger partial charge in [-0.2, -0.15) is 0 Å². The van der Waals surface area contributed by atoms with E-state index in [9.17, 15) is 0 Å². The summed E-state index contributed by atoms with van der Waals surface area (Å²) in [6.45, 7) is 6.49. The molecule has 1 N–H and O–H groups in total. The van der Waals surface area contributed by atoms with E-state index in [1.165, 1.54) is 32.1 Å². The Kier molecular flexibility index (Phi) is 7.62. The summed E-state index contributed by atoms with van der Waals surface area (Å²) in [6, 6.07) is 1.93. The number of furan rings is 1. The van der Waals surface area contributed by atoms with Crippen LogP contribution in [0.3, 0.4) is 0 Å². The molecule has 0 radical (unpaired) electrons. The largest absolute Gasteiger partial charge is 0.467 e. The maximum atomic E-state index is 5.33. The molecule has 1 rings (SSSR count). The lowest BCUT2D eigenvalue weighted by Crippen LogP contribution is -2.14. The minimum atomic E-state index is 0.819. The second kappa shape index (κ2) is 8.76. The van der Waals surface area contributed by atoms with Crippen LogP contribution in [0.25, 0.3) is 0 Å². The number of halogens is 1. The highest BCUT2D eigenvalue weighted by molar-refractivity contribution is 9.10. The molecule has 0 saturated heterocycles. The van der Waals surface area contributed by atoms with E-state index < -0.39 is 0 Å². The van der Waals surface area contributed by atoms with E-state index in [4.69, 9.17) is 4.42 Å². The molecule has 1 aromatic rings. The first-order chi connectivity index (χ1) is 8.20. The van der Waals surface area contributed by atoms with Gasteiger partial charge in [-0.1, -0.05) is 39.5 Å². The smallest absolute Gasteiger partial charge is 0.131 e. The second-order valence-corrected chi connectivity index (χ2v) is 5.82. The SMILES string of the molecule is CC(C)CCCCCCNCc1occc1Br. The monoisotopic (exact) mass is 301 g/mol. The lowest BCUT2D eigenvalue weighted by atomic mass is 10.0. The van der Waals surface area contributed by atoms with Gasteiger partial charge in [-0.25, -0.2) is 0 Å². The van der Waals surface area contributed by atoms with E-state index >= 15 is 0 Å². The summed E-state index contributed by atoms with van der Waals surface area (Å²) in [5, 5.41) is 3.40. The van der Waals surface area contributed by atoms with Crippen LogP contribution in [0.15, 0.2) is 21.2 Å². The van der Waals surface area contributed by atoms with E-state index in [1.54, 1.807) is 6.26 Å². The van der Waals surface area contributed by atoms with Crippen LogP contribution in [-0.4, -0.2) is 6.54 Å². The molecule has 2 nitrogen and oxygen atoms in total. The van der Waals surface area contributed by atoms with Crippen LogP contribution in [0.5, 0.6) is 0 Å². The minimum absolute atomic E-state index is 0.819. The maximum absolute atomic E-state index is 5.33. The topological polar surface area (TPSA) is 25.2 Å². The van der Waals surface area contributed by atoms with Crippen LogP contribution in [0.4, 0.5) is 0 Å². The van der Waals surface area contributed by atoms with E-state index in [0.717, 1.165) is 29.2 Å². The van der Waals surface area contributed by atoms with Crippen LogP contribution < -0.4 is 5.32 Å². The quantitative estimate of drug-likeness (QED) is 0.667. The molecule has 17 heavy (non-hydrogen) atoms. The third-order valence-corrected chi connectivity index (χ3v) is 3.57. The first-order valence-corrected chi connectivity index (χ1v) is 7.42. The second-order valence-electron chi connectivity index (χ2n) is 4.97. The highest BCUT2D eigenvalue weighted by Crippen LogP contribution is 2.16. The molecule has 3 heteroatoms. The standard InChI is InChI=1S/C14H24BrNO/c1-12(2)7-5-3-4-6-9-16-11-14-13(15)8-10-17-14/h8,10,12,16H,3-7,9,11H2,1-2H3. The van der Waals surface area contributed by atoms with Gasteiger partial charge in [0.2, 0.25) is 0 Å². The number of unbranched alkanes of at least 4 members (excludes halogenated alkanes) is 3. The number of rotatable bonds is 9. The van der Waals surface area contributed by atoms with Crippen molar-refractivity contribution in [2.45, 2.75) is 52.5 Å². The van der Waals surface area contributed by atoms with Gasteiger partial charge in [0.25, 0.3) is 0 Å². The van der Waals surface area contributed by atoms with Crippen molar-refractivity contribution in [1.29, 1.82) is 0 Å². The normalized spacial score (nSPS) is 11.3.